The SMILES string of the molecule is CC1(C)OC(=O)C([C@H](c2ccc(OCc3ccc(Cl)cc3Cl)c(Cl)c2)c2c[nH]c3ccccc23)C(=O)O1. The molecule has 1 atom stereocenters. The Morgan fingerprint density at radius 1 is 0.946 bits per heavy atom. The predicted molar refractivity (Wildman–Crippen MR) is 142 cm³/mol. The summed E-state index contributed by atoms with van der Waals surface area (Å²) in [6.07, 6.45) is 1.79. The van der Waals surface area contributed by atoms with Crippen molar-refractivity contribution >= 4 is 57.6 Å². The van der Waals surface area contributed by atoms with Gasteiger partial charge in [-0.1, -0.05) is 65.1 Å². The van der Waals surface area contributed by atoms with Crippen LogP contribution in [0.15, 0.2) is 66.9 Å². The summed E-state index contributed by atoms with van der Waals surface area (Å²) in [6, 6.07) is 17.9. The van der Waals surface area contributed by atoms with Gasteiger partial charge in [-0.15, -0.1) is 0 Å². The zero-order valence-electron chi connectivity index (χ0n) is 19.9. The Kier molecular flexibility index (Phi) is 6.84. The Labute approximate surface area is 228 Å². The van der Waals surface area contributed by atoms with Gasteiger partial charge >= 0.3 is 11.9 Å². The topological polar surface area (TPSA) is 77.6 Å². The van der Waals surface area contributed by atoms with Crippen molar-refractivity contribution in [1.82, 2.24) is 4.98 Å². The molecule has 5 rings (SSSR count). The van der Waals surface area contributed by atoms with E-state index in [4.69, 9.17) is 49.0 Å². The van der Waals surface area contributed by atoms with Gasteiger partial charge in [-0.3, -0.25) is 9.59 Å². The Morgan fingerprint density at radius 2 is 1.68 bits per heavy atom. The molecule has 0 unspecified atom stereocenters. The average molecular weight is 559 g/mol. The Balaban J connectivity index is 1.52. The Hall–Kier alpha value is -3.19. The molecule has 0 aliphatic carbocycles. The molecule has 3 aromatic carbocycles. The minimum absolute atomic E-state index is 0.178. The lowest BCUT2D eigenvalue weighted by atomic mass is 9.80. The van der Waals surface area contributed by atoms with Gasteiger partial charge < -0.3 is 19.2 Å². The second kappa shape index (κ2) is 9.93. The van der Waals surface area contributed by atoms with E-state index in [9.17, 15) is 9.59 Å². The van der Waals surface area contributed by atoms with Crippen molar-refractivity contribution in [3.8, 4) is 5.75 Å². The lowest BCUT2D eigenvalue weighted by Crippen LogP contribution is -2.48. The number of aromatic nitrogens is 1. The Morgan fingerprint density at radius 3 is 2.38 bits per heavy atom. The summed E-state index contributed by atoms with van der Waals surface area (Å²) < 4.78 is 16.8. The number of carbonyl (C=O) groups excluding carboxylic acids is 2. The summed E-state index contributed by atoms with van der Waals surface area (Å²) in [5.74, 6) is -4.18. The standard InChI is InChI=1S/C28H22Cl3NO5/c1-28(2)36-26(33)25(27(34)37-28)24(19-13-32-22-6-4-3-5-18(19)22)15-8-10-23(21(31)11-15)35-14-16-7-9-17(29)12-20(16)30/h3-13,24-25,32H,14H2,1-2H3/t24-/m1/s1. The van der Waals surface area contributed by atoms with E-state index in [-0.39, 0.29) is 6.61 Å². The van der Waals surface area contributed by atoms with Crippen LogP contribution in [0.3, 0.4) is 0 Å². The van der Waals surface area contributed by atoms with Crippen LogP contribution in [-0.4, -0.2) is 22.7 Å². The van der Waals surface area contributed by atoms with Crippen LogP contribution in [0.1, 0.15) is 36.5 Å². The molecule has 0 amide bonds. The van der Waals surface area contributed by atoms with Gasteiger partial charge in [0.15, 0.2) is 5.92 Å². The number of esters is 2. The fourth-order valence-electron chi connectivity index (χ4n) is 4.53. The van der Waals surface area contributed by atoms with Crippen molar-refractivity contribution < 1.29 is 23.8 Å². The normalized spacial score (nSPS) is 16.4. The number of carbonyl (C=O) groups is 2. The van der Waals surface area contributed by atoms with Crippen LogP contribution in [0.25, 0.3) is 10.9 Å². The molecule has 37 heavy (non-hydrogen) atoms. The highest BCUT2D eigenvalue weighted by molar-refractivity contribution is 6.35. The summed E-state index contributed by atoms with van der Waals surface area (Å²) in [7, 11) is 0. The van der Waals surface area contributed by atoms with E-state index < -0.39 is 29.6 Å². The average Bonchev–Trinajstić information content (AvgIpc) is 3.25. The smallest absolute Gasteiger partial charge is 0.324 e. The molecule has 1 aromatic heterocycles. The van der Waals surface area contributed by atoms with Crippen molar-refractivity contribution in [2.75, 3.05) is 0 Å². The van der Waals surface area contributed by atoms with E-state index in [1.54, 1.807) is 42.6 Å². The number of para-hydroxylation sites is 1. The van der Waals surface area contributed by atoms with Gasteiger partial charge in [0.1, 0.15) is 12.4 Å². The summed E-state index contributed by atoms with van der Waals surface area (Å²) in [5, 5.41) is 2.19. The number of ether oxygens (including phenoxy) is 3. The van der Waals surface area contributed by atoms with Gasteiger partial charge in [0.2, 0.25) is 0 Å². The third-order valence-electron chi connectivity index (χ3n) is 6.20. The first-order chi connectivity index (χ1) is 17.6. The van der Waals surface area contributed by atoms with Crippen molar-refractivity contribution in [3.05, 3.63) is 98.6 Å². The van der Waals surface area contributed by atoms with Crippen LogP contribution in [0.5, 0.6) is 5.75 Å². The molecule has 4 aromatic rings. The van der Waals surface area contributed by atoms with Gasteiger partial charge in [0.05, 0.1) is 5.02 Å². The molecule has 1 aliphatic rings. The number of rotatable bonds is 6. The van der Waals surface area contributed by atoms with Crippen LogP contribution in [-0.2, 0) is 25.7 Å². The first-order valence-electron chi connectivity index (χ1n) is 11.5. The highest BCUT2D eigenvalue weighted by Crippen LogP contribution is 2.42. The molecule has 6 nitrogen and oxygen atoms in total. The van der Waals surface area contributed by atoms with Gasteiger partial charge in [0, 0.05) is 52.5 Å². The molecule has 1 N–H and O–H groups in total. The largest absolute Gasteiger partial charge is 0.487 e. The molecule has 0 radical (unpaired) electrons. The van der Waals surface area contributed by atoms with E-state index >= 15 is 0 Å². The highest BCUT2D eigenvalue weighted by atomic mass is 35.5. The molecule has 9 heteroatoms. The van der Waals surface area contributed by atoms with Crippen LogP contribution in [0.2, 0.25) is 15.1 Å². The van der Waals surface area contributed by atoms with E-state index in [1.165, 1.54) is 13.8 Å². The van der Waals surface area contributed by atoms with Gasteiger partial charge in [-0.2, -0.15) is 0 Å². The van der Waals surface area contributed by atoms with Crippen LogP contribution in [0, 0.1) is 5.92 Å². The quantitative estimate of drug-likeness (QED) is 0.199. The van der Waals surface area contributed by atoms with Crippen molar-refractivity contribution in [3.63, 3.8) is 0 Å². The van der Waals surface area contributed by atoms with Crippen LogP contribution in [0.4, 0.5) is 0 Å². The number of hydrogen-bond donors (Lipinski definition) is 1. The Bertz CT molecular complexity index is 1490. The zero-order chi connectivity index (χ0) is 26.3. The number of nitrogens with one attached hydrogen (secondary N) is 1. The second-order valence-corrected chi connectivity index (χ2v) is 10.5. The van der Waals surface area contributed by atoms with Gasteiger partial charge in [-0.25, -0.2) is 0 Å². The molecule has 1 aliphatic heterocycles. The lowest BCUT2D eigenvalue weighted by Gasteiger charge is -2.36. The summed E-state index contributed by atoms with van der Waals surface area (Å²) >= 11 is 18.8. The number of fused-ring (bicyclic) bond motifs is 1. The maximum absolute atomic E-state index is 13.1. The molecular formula is C28H22Cl3NO5. The third-order valence-corrected chi connectivity index (χ3v) is 7.09. The molecule has 0 spiro atoms. The number of halogens is 3. The van der Waals surface area contributed by atoms with Crippen molar-refractivity contribution in [2.45, 2.75) is 32.2 Å². The fourth-order valence-corrected chi connectivity index (χ4v) is 5.23. The monoisotopic (exact) mass is 557 g/mol. The first-order valence-corrected chi connectivity index (χ1v) is 12.6. The molecule has 0 saturated carbocycles. The summed E-state index contributed by atoms with van der Waals surface area (Å²) in [4.78, 5) is 29.5. The van der Waals surface area contributed by atoms with E-state index in [2.05, 4.69) is 4.98 Å². The molecule has 1 fully saturated rings. The predicted octanol–water partition coefficient (Wildman–Crippen LogP) is 7.29. The lowest BCUT2D eigenvalue weighted by molar-refractivity contribution is -0.240. The van der Waals surface area contributed by atoms with Gasteiger partial charge in [0.25, 0.3) is 5.79 Å². The number of benzene rings is 3. The maximum Gasteiger partial charge on any atom is 0.324 e. The maximum atomic E-state index is 13.1. The van der Waals surface area contributed by atoms with E-state index in [1.807, 2.05) is 24.3 Å². The number of H-pyrrole nitrogens is 1. The second-order valence-electron chi connectivity index (χ2n) is 9.20. The fraction of sp³-hybridized carbons (Fsp3) is 0.214. The summed E-state index contributed by atoms with van der Waals surface area (Å²) in [5.41, 5.74) is 2.99. The molecule has 0 bridgehead atoms. The van der Waals surface area contributed by atoms with Crippen LogP contribution < -0.4 is 4.74 Å². The van der Waals surface area contributed by atoms with Gasteiger partial charge in [-0.05, 0) is 41.5 Å². The molecule has 1 saturated heterocycles. The number of cyclic esters (lactones) is 2. The van der Waals surface area contributed by atoms with Crippen molar-refractivity contribution in [1.29, 1.82) is 0 Å². The minimum Gasteiger partial charge on any atom is -0.487 e. The molecule has 190 valence electrons. The minimum atomic E-state index is -1.34. The highest BCUT2D eigenvalue weighted by Gasteiger charge is 2.48. The van der Waals surface area contributed by atoms with E-state index in [0.29, 0.717) is 26.4 Å². The number of hydrogen-bond acceptors (Lipinski definition) is 5. The molecular weight excluding hydrogens is 537 g/mol. The molecule has 2 heterocycles. The van der Waals surface area contributed by atoms with Crippen LogP contribution >= 0.6 is 34.8 Å². The third kappa shape index (κ3) is 5.14. The van der Waals surface area contributed by atoms with E-state index in [0.717, 1.165) is 22.0 Å². The van der Waals surface area contributed by atoms with Crippen molar-refractivity contribution in [2.24, 2.45) is 5.92 Å². The summed E-state index contributed by atoms with van der Waals surface area (Å²) in [6.45, 7) is 3.22. The number of aromatic amines is 1. The zero-order valence-corrected chi connectivity index (χ0v) is 22.2. The first kappa shape index (κ1) is 25.5.